The zero-order chi connectivity index (χ0) is 22.6. The van der Waals surface area contributed by atoms with Crippen molar-refractivity contribution in [2.45, 2.75) is 4.90 Å². The highest BCUT2D eigenvalue weighted by Crippen LogP contribution is 2.19. The molecule has 0 bridgehead atoms. The lowest BCUT2D eigenvalue weighted by atomic mass is 10.1. The smallest absolute Gasteiger partial charge is 0.271 e. The molecule has 0 spiro atoms. The number of fused-ring (bicyclic) bond motifs is 1. The van der Waals surface area contributed by atoms with E-state index in [4.69, 9.17) is 11.6 Å². The van der Waals surface area contributed by atoms with Gasteiger partial charge >= 0.3 is 0 Å². The molecule has 1 amide bonds. The van der Waals surface area contributed by atoms with Crippen molar-refractivity contribution in [3.8, 4) is 0 Å². The monoisotopic (exact) mass is 463 g/mol. The third kappa shape index (κ3) is 4.96. The number of carbonyl (C=O) groups is 1. The van der Waals surface area contributed by atoms with Crippen LogP contribution in [0.15, 0.2) is 101 Å². The van der Waals surface area contributed by atoms with Gasteiger partial charge in [0.15, 0.2) is 0 Å². The van der Waals surface area contributed by atoms with Crippen molar-refractivity contribution in [2.24, 2.45) is 5.10 Å². The molecule has 8 heteroatoms. The summed E-state index contributed by atoms with van der Waals surface area (Å²) in [5.41, 5.74) is 4.05. The molecule has 0 radical (unpaired) electrons. The van der Waals surface area contributed by atoms with Gasteiger partial charge in [-0.3, -0.25) is 9.52 Å². The first-order valence-corrected chi connectivity index (χ1v) is 11.5. The molecule has 0 aliphatic carbocycles. The molecular weight excluding hydrogens is 446 g/mol. The summed E-state index contributed by atoms with van der Waals surface area (Å²) in [6, 6.07) is 25.6. The summed E-state index contributed by atoms with van der Waals surface area (Å²) in [4.78, 5) is 12.5. The molecule has 0 saturated heterocycles. The molecule has 0 heterocycles. The van der Waals surface area contributed by atoms with E-state index in [1.54, 1.807) is 6.21 Å². The number of amides is 1. The molecule has 6 nitrogen and oxygen atoms in total. The fourth-order valence-corrected chi connectivity index (χ4v) is 4.29. The minimum Gasteiger partial charge on any atom is -0.280 e. The van der Waals surface area contributed by atoms with Gasteiger partial charge in [-0.2, -0.15) is 5.10 Å². The molecule has 4 rings (SSSR count). The van der Waals surface area contributed by atoms with Crippen LogP contribution >= 0.6 is 11.6 Å². The molecule has 0 unspecified atom stereocenters. The largest absolute Gasteiger partial charge is 0.280 e. The Balaban J connectivity index is 1.42. The van der Waals surface area contributed by atoms with Crippen LogP contribution < -0.4 is 10.1 Å². The highest BCUT2D eigenvalue weighted by atomic mass is 35.5. The first kappa shape index (κ1) is 21.5. The van der Waals surface area contributed by atoms with E-state index in [1.807, 2.05) is 42.5 Å². The lowest BCUT2D eigenvalue weighted by Crippen LogP contribution is -2.18. The average Bonchev–Trinajstić information content (AvgIpc) is 2.80. The van der Waals surface area contributed by atoms with Crippen molar-refractivity contribution in [3.63, 3.8) is 0 Å². The molecule has 0 aromatic heterocycles. The molecule has 0 aliphatic rings. The Kier molecular flexibility index (Phi) is 6.20. The molecule has 0 aliphatic heterocycles. The van der Waals surface area contributed by atoms with Gasteiger partial charge in [-0.05, 0) is 59.3 Å². The van der Waals surface area contributed by atoms with Gasteiger partial charge in [0.1, 0.15) is 0 Å². The fourth-order valence-electron chi connectivity index (χ4n) is 3.11. The number of sulfonamides is 1. The molecule has 4 aromatic rings. The molecular formula is C24H18ClN3O3S. The predicted molar refractivity (Wildman–Crippen MR) is 128 cm³/mol. The summed E-state index contributed by atoms with van der Waals surface area (Å²) in [5.74, 6) is -0.409. The maximum atomic E-state index is 12.4. The number of anilines is 1. The van der Waals surface area contributed by atoms with Gasteiger partial charge in [-0.1, -0.05) is 54.1 Å². The van der Waals surface area contributed by atoms with Gasteiger partial charge in [0.2, 0.25) is 0 Å². The van der Waals surface area contributed by atoms with Gasteiger partial charge in [-0.25, -0.2) is 13.8 Å². The van der Waals surface area contributed by atoms with Crippen LogP contribution in [0, 0.1) is 0 Å². The molecule has 160 valence electrons. The zero-order valence-electron chi connectivity index (χ0n) is 16.7. The van der Waals surface area contributed by atoms with Crippen molar-refractivity contribution < 1.29 is 13.2 Å². The lowest BCUT2D eigenvalue weighted by Gasteiger charge is -2.09. The predicted octanol–water partition coefficient (Wildman–Crippen LogP) is 5.06. The van der Waals surface area contributed by atoms with Crippen molar-refractivity contribution in [1.29, 1.82) is 0 Å². The van der Waals surface area contributed by atoms with Crippen LogP contribution in [0.5, 0.6) is 0 Å². The third-order valence-corrected chi connectivity index (χ3v) is 6.37. The Hall–Kier alpha value is -3.68. The normalized spacial score (nSPS) is 11.5. The Morgan fingerprint density at radius 1 is 0.844 bits per heavy atom. The van der Waals surface area contributed by atoms with E-state index in [2.05, 4.69) is 15.2 Å². The summed E-state index contributed by atoms with van der Waals surface area (Å²) in [5, 5.41) is 6.61. The number of rotatable bonds is 6. The van der Waals surface area contributed by atoms with Crippen molar-refractivity contribution in [3.05, 3.63) is 107 Å². The van der Waals surface area contributed by atoms with E-state index in [-0.39, 0.29) is 4.90 Å². The Bertz CT molecular complexity index is 1400. The van der Waals surface area contributed by atoms with Crippen LogP contribution in [0.2, 0.25) is 5.02 Å². The van der Waals surface area contributed by atoms with Crippen LogP contribution in [0.3, 0.4) is 0 Å². The summed E-state index contributed by atoms with van der Waals surface area (Å²) in [7, 11) is -3.76. The van der Waals surface area contributed by atoms with E-state index in [9.17, 15) is 13.2 Å². The Morgan fingerprint density at radius 2 is 1.53 bits per heavy atom. The van der Waals surface area contributed by atoms with Crippen molar-refractivity contribution in [1.82, 2.24) is 5.43 Å². The SMILES string of the molecule is O=C(NN=Cc1cccc2ccccc12)c1ccc(NS(=O)(=O)c2ccc(Cl)cc2)cc1. The quantitative estimate of drug-likeness (QED) is 0.309. The number of hydrogen-bond donors (Lipinski definition) is 2. The van der Waals surface area contributed by atoms with E-state index in [0.717, 1.165) is 16.3 Å². The van der Waals surface area contributed by atoms with E-state index in [0.29, 0.717) is 16.3 Å². The second kappa shape index (κ2) is 9.21. The molecule has 4 aromatic carbocycles. The lowest BCUT2D eigenvalue weighted by molar-refractivity contribution is 0.0955. The number of nitrogens with zero attached hydrogens (tertiary/aromatic N) is 1. The molecule has 2 N–H and O–H groups in total. The number of nitrogens with one attached hydrogen (secondary N) is 2. The van der Waals surface area contributed by atoms with Crippen molar-refractivity contribution in [2.75, 3.05) is 4.72 Å². The van der Waals surface area contributed by atoms with Crippen LogP contribution in [0.1, 0.15) is 15.9 Å². The number of hydrazone groups is 1. The van der Waals surface area contributed by atoms with E-state index < -0.39 is 15.9 Å². The molecule has 0 fully saturated rings. The minimum absolute atomic E-state index is 0.0893. The van der Waals surface area contributed by atoms with Gasteiger partial charge in [-0.15, -0.1) is 0 Å². The third-order valence-electron chi connectivity index (χ3n) is 4.72. The Labute approximate surface area is 190 Å². The van der Waals surface area contributed by atoms with Gasteiger partial charge in [0.25, 0.3) is 15.9 Å². The maximum absolute atomic E-state index is 12.4. The summed E-state index contributed by atoms with van der Waals surface area (Å²) < 4.78 is 27.4. The Morgan fingerprint density at radius 3 is 2.28 bits per heavy atom. The number of halogens is 1. The summed E-state index contributed by atoms with van der Waals surface area (Å²) >= 11 is 5.80. The van der Waals surface area contributed by atoms with Gasteiger partial charge < -0.3 is 0 Å². The second-order valence-corrected chi connectivity index (χ2v) is 9.02. The first-order valence-electron chi connectivity index (χ1n) is 9.62. The number of carbonyl (C=O) groups excluding carboxylic acids is 1. The van der Waals surface area contributed by atoms with Crippen molar-refractivity contribution >= 4 is 50.2 Å². The summed E-state index contributed by atoms with van der Waals surface area (Å²) in [6.45, 7) is 0. The average molecular weight is 464 g/mol. The molecule has 0 atom stereocenters. The maximum Gasteiger partial charge on any atom is 0.271 e. The number of hydrogen-bond acceptors (Lipinski definition) is 4. The minimum atomic E-state index is -3.76. The number of benzene rings is 4. The highest BCUT2D eigenvalue weighted by Gasteiger charge is 2.14. The molecule has 0 saturated carbocycles. The van der Waals surface area contributed by atoms with E-state index in [1.165, 1.54) is 48.5 Å². The fraction of sp³-hybridized carbons (Fsp3) is 0. The highest BCUT2D eigenvalue weighted by molar-refractivity contribution is 7.92. The zero-order valence-corrected chi connectivity index (χ0v) is 18.3. The van der Waals surface area contributed by atoms with Crippen LogP contribution in [0.25, 0.3) is 10.8 Å². The van der Waals surface area contributed by atoms with Crippen LogP contribution in [-0.4, -0.2) is 20.5 Å². The van der Waals surface area contributed by atoms with Crippen LogP contribution in [-0.2, 0) is 10.0 Å². The topological polar surface area (TPSA) is 87.6 Å². The van der Waals surface area contributed by atoms with Gasteiger partial charge in [0, 0.05) is 21.8 Å². The van der Waals surface area contributed by atoms with Gasteiger partial charge in [0.05, 0.1) is 11.1 Å². The summed E-state index contributed by atoms with van der Waals surface area (Å²) in [6.07, 6.45) is 1.59. The second-order valence-electron chi connectivity index (χ2n) is 6.90. The molecule has 32 heavy (non-hydrogen) atoms. The first-order chi connectivity index (χ1) is 15.4. The van der Waals surface area contributed by atoms with Crippen LogP contribution in [0.4, 0.5) is 5.69 Å². The standard InChI is InChI=1S/C24H18ClN3O3S/c25-20-10-14-22(15-11-20)32(30,31)28-21-12-8-18(9-13-21)24(29)27-26-16-19-6-3-5-17-4-1-2-7-23(17)19/h1-16,28H,(H,27,29). The van der Waals surface area contributed by atoms with E-state index >= 15 is 0 Å².